The van der Waals surface area contributed by atoms with Gasteiger partial charge in [0.15, 0.2) is 0 Å². The lowest BCUT2D eigenvalue weighted by Gasteiger charge is -2.36. The largest absolute Gasteiger partial charge is 0.544 e. The highest BCUT2D eigenvalue weighted by molar-refractivity contribution is 6.75. The Kier molecular flexibility index (Phi) is 7.23. The summed E-state index contributed by atoms with van der Waals surface area (Å²) in [4.78, 5) is 0. The second-order valence-electron chi connectivity index (χ2n) is 11.4. The molecule has 2 aromatic rings. The number of phenolic OH excluding ortho intramolecular Hbond substituents is 1. The Hall–Kier alpha value is -1.99. The van der Waals surface area contributed by atoms with Crippen LogP contribution in [-0.2, 0) is 0 Å². The third-order valence-electron chi connectivity index (χ3n) is 6.62. The molecule has 1 N–H and O–H groups in total. The van der Waals surface area contributed by atoms with E-state index in [4.69, 9.17) is 8.85 Å². The molecular formula is C26H40O3Si2. The number of aromatic hydroxyl groups is 1. The van der Waals surface area contributed by atoms with Crippen molar-refractivity contribution >= 4 is 28.8 Å². The molecule has 0 spiro atoms. The average Bonchev–Trinajstić information content (AvgIpc) is 2.58. The minimum Gasteiger partial charge on any atom is -0.544 e. The van der Waals surface area contributed by atoms with Crippen molar-refractivity contribution in [3.8, 4) is 17.2 Å². The maximum absolute atomic E-state index is 10.2. The van der Waals surface area contributed by atoms with Crippen LogP contribution in [0.1, 0.15) is 52.7 Å². The van der Waals surface area contributed by atoms with Gasteiger partial charge in [0.1, 0.15) is 17.2 Å². The standard InChI is InChI=1S/C26H40O3Si2/c1-25(2,3)30(7,8)28-23-15-13-20(14-16-23)11-12-21-17-22(27)19-24(18-21)29-31(9,10)26(4,5)6/h11-19,27H,1-10H3. The number of rotatable bonds is 6. The molecule has 0 heterocycles. The molecule has 0 aliphatic rings. The maximum atomic E-state index is 10.2. The van der Waals surface area contributed by atoms with Crippen LogP contribution in [-0.4, -0.2) is 21.7 Å². The fraction of sp³-hybridized carbons (Fsp3) is 0.462. The van der Waals surface area contributed by atoms with Crippen molar-refractivity contribution in [2.24, 2.45) is 0 Å². The minimum atomic E-state index is -1.96. The molecule has 0 atom stereocenters. The Morgan fingerprint density at radius 1 is 0.645 bits per heavy atom. The van der Waals surface area contributed by atoms with Crippen molar-refractivity contribution < 1.29 is 14.0 Å². The number of hydrogen-bond acceptors (Lipinski definition) is 3. The van der Waals surface area contributed by atoms with Gasteiger partial charge in [0.25, 0.3) is 0 Å². The van der Waals surface area contributed by atoms with Crippen LogP contribution in [0.2, 0.25) is 36.3 Å². The quantitative estimate of drug-likeness (QED) is 0.351. The van der Waals surface area contributed by atoms with Crippen LogP contribution in [0.15, 0.2) is 42.5 Å². The Bertz CT molecular complexity index is 915. The van der Waals surface area contributed by atoms with Crippen molar-refractivity contribution in [3.05, 3.63) is 53.6 Å². The summed E-state index contributed by atoms with van der Waals surface area (Å²) in [7, 11) is -3.80. The fourth-order valence-corrected chi connectivity index (χ4v) is 4.54. The normalized spacial score (nSPS) is 13.5. The molecule has 0 aromatic heterocycles. The van der Waals surface area contributed by atoms with E-state index in [0.29, 0.717) is 0 Å². The van der Waals surface area contributed by atoms with Gasteiger partial charge in [-0.2, -0.15) is 0 Å². The van der Waals surface area contributed by atoms with E-state index >= 15 is 0 Å². The predicted molar refractivity (Wildman–Crippen MR) is 139 cm³/mol. The summed E-state index contributed by atoms with van der Waals surface area (Å²) in [6.07, 6.45) is 4.04. The smallest absolute Gasteiger partial charge is 0.250 e. The summed E-state index contributed by atoms with van der Waals surface area (Å²) in [6.45, 7) is 22.3. The summed E-state index contributed by atoms with van der Waals surface area (Å²) in [5, 5.41) is 10.5. The molecule has 2 aromatic carbocycles. The molecule has 0 aliphatic heterocycles. The Labute approximate surface area is 191 Å². The molecule has 0 amide bonds. The van der Waals surface area contributed by atoms with Crippen LogP contribution in [0.4, 0.5) is 0 Å². The molecule has 3 nitrogen and oxygen atoms in total. The van der Waals surface area contributed by atoms with E-state index in [9.17, 15) is 5.11 Å². The topological polar surface area (TPSA) is 38.7 Å². The first kappa shape index (κ1) is 25.3. The van der Waals surface area contributed by atoms with Gasteiger partial charge in [-0.05, 0) is 71.7 Å². The van der Waals surface area contributed by atoms with Gasteiger partial charge in [-0.3, -0.25) is 0 Å². The summed E-state index contributed by atoms with van der Waals surface area (Å²) < 4.78 is 12.7. The first-order valence-electron chi connectivity index (χ1n) is 11.0. The van der Waals surface area contributed by atoms with Gasteiger partial charge in [-0.15, -0.1) is 0 Å². The fourth-order valence-electron chi connectivity index (χ4n) is 2.50. The van der Waals surface area contributed by atoms with Crippen LogP contribution in [0, 0.1) is 0 Å². The summed E-state index contributed by atoms with van der Waals surface area (Å²) >= 11 is 0. The SMILES string of the molecule is CC(C)(C)[Si](C)(C)Oc1ccc(C=Cc2cc(O)cc(O[Si](C)(C)C(C)(C)C)c2)cc1. The number of phenols is 1. The van der Waals surface area contributed by atoms with Crippen LogP contribution >= 0.6 is 0 Å². The molecule has 0 bridgehead atoms. The van der Waals surface area contributed by atoms with Crippen LogP contribution in [0.25, 0.3) is 12.2 Å². The molecule has 0 radical (unpaired) electrons. The van der Waals surface area contributed by atoms with Crippen molar-refractivity contribution in [1.29, 1.82) is 0 Å². The molecule has 5 heteroatoms. The van der Waals surface area contributed by atoms with E-state index in [1.54, 1.807) is 12.1 Å². The highest BCUT2D eigenvalue weighted by Gasteiger charge is 2.39. The third-order valence-corrected chi connectivity index (χ3v) is 15.3. The Balaban J connectivity index is 2.16. The lowest BCUT2D eigenvalue weighted by atomic mass is 10.1. The number of hydrogen-bond donors (Lipinski definition) is 1. The van der Waals surface area contributed by atoms with Crippen molar-refractivity contribution in [2.75, 3.05) is 0 Å². The van der Waals surface area contributed by atoms with Gasteiger partial charge in [-0.1, -0.05) is 65.8 Å². The maximum Gasteiger partial charge on any atom is 0.250 e. The highest BCUT2D eigenvalue weighted by Crippen LogP contribution is 2.39. The van der Waals surface area contributed by atoms with E-state index in [-0.39, 0.29) is 15.8 Å². The molecule has 31 heavy (non-hydrogen) atoms. The van der Waals surface area contributed by atoms with Crippen molar-refractivity contribution in [1.82, 2.24) is 0 Å². The zero-order chi connectivity index (χ0) is 23.7. The van der Waals surface area contributed by atoms with E-state index in [1.807, 2.05) is 30.4 Å². The average molecular weight is 457 g/mol. The molecule has 0 aliphatic carbocycles. The van der Waals surface area contributed by atoms with E-state index < -0.39 is 16.6 Å². The van der Waals surface area contributed by atoms with Crippen LogP contribution in [0.5, 0.6) is 17.2 Å². The van der Waals surface area contributed by atoms with Gasteiger partial charge < -0.3 is 14.0 Å². The lowest BCUT2D eigenvalue weighted by Crippen LogP contribution is -2.43. The zero-order valence-electron chi connectivity index (χ0n) is 21.0. The van der Waals surface area contributed by atoms with Crippen LogP contribution in [0.3, 0.4) is 0 Å². The lowest BCUT2D eigenvalue weighted by molar-refractivity contribution is 0.461. The van der Waals surface area contributed by atoms with E-state index in [0.717, 1.165) is 22.6 Å². The second kappa shape index (κ2) is 8.87. The first-order valence-corrected chi connectivity index (χ1v) is 16.8. The molecule has 170 valence electrons. The number of benzene rings is 2. The van der Waals surface area contributed by atoms with Gasteiger partial charge in [0.2, 0.25) is 16.6 Å². The van der Waals surface area contributed by atoms with Gasteiger partial charge in [0, 0.05) is 6.07 Å². The zero-order valence-corrected chi connectivity index (χ0v) is 23.0. The third kappa shape index (κ3) is 6.75. The molecular weight excluding hydrogens is 416 g/mol. The van der Waals surface area contributed by atoms with E-state index in [2.05, 4.69) is 79.9 Å². The first-order chi connectivity index (χ1) is 14.0. The Morgan fingerprint density at radius 3 is 1.58 bits per heavy atom. The summed E-state index contributed by atoms with van der Waals surface area (Å²) in [6, 6.07) is 13.6. The van der Waals surface area contributed by atoms with Gasteiger partial charge >= 0.3 is 0 Å². The minimum absolute atomic E-state index is 0.0999. The van der Waals surface area contributed by atoms with Crippen molar-refractivity contribution in [3.63, 3.8) is 0 Å². The van der Waals surface area contributed by atoms with E-state index in [1.165, 1.54) is 0 Å². The highest BCUT2D eigenvalue weighted by atomic mass is 28.4. The Morgan fingerprint density at radius 2 is 1.10 bits per heavy atom. The summed E-state index contributed by atoms with van der Waals surface area (Å²) in [5.74, 6) is 1.87. The van der Waals surface area contributed by atoms with Crippen molar-refractivity contribution in [2.45, 2.75) is 77.8 Å². The van der Waals surface area contributed by atoms with Crippen LogP contribution < -0.4 is 8.85 Å². The molecule has 0 fully saturated rings. The molecule has 0 saturated carbocycles. The molecule has 0 saturated heterocycles. The summed E-state index contributed by atoms with van der Waals surface area (Å²) in [5.41, 5.74) is 1.99. The monoisotopic (exact) mass is 456 g/mol. The van der Waals surface area contributed by atoms with Gasteiger partial charge in [0.05, 0.1) is 0 Å². The molecule has 2 rings (SSSR count). The second-order valence-corrected chi connectivity index (χ2v) is 20.8. The molecule has 0 unspecified atom stereocenters. The predicted octanol–water partition coefficient (Wildman–Crippen LogP) is 8.33. The van der Waals surface area contributed by atoms with Gasteiger partial charge in [-0.25, -0.2) is 0 Å².